The summed E-state index contributed by atoms with van der Waals surface area (Å²) in [5.41, 5.74) is 9.76. The summed E-state index contributed by atoms with van der Waals surface area (Å²) in [5.74, 6) is -1.74. The van der Waals surface area contributed by atoms with E-state index in [4.69, 9.17) is 11.6 Å². The topological polar surface area (TPSA) is 0 Å². The Morgan fingerprint density at radius 2 is 1.08 bits per heavy atom. The van der Waals surface area contributed by atoms with Gasteiger partial charge in [0.25, 0.3) is 0 Å². The van der Waals surface area contributed by atoms with Crippen LogP contribution < -0.4 is 0 Å². The summed E-state index contributed by atoms with van der Waals surface area (Å²) in [6.07, 6.45) is 0.100. The van der Waals surface area contributed by atoms with Crippen LogP contribution in [0.4, 0.5) is 13.2 Å². The predicted molar refractivity (Wildman–Crippen MR) is 139 cm³/mol. The van der Waals surface area contributed by atoms with Crippen molar-refractivity contribution in [2.75, 3.05) is 0 Å². The largest absolute Gasteiger partial charge is 0.396 e. The van der Waals surface area contributed by atoms with E-state index in [9.17, 15) is 13.2 Å². The Kier molecular flexibility index (Phi) is 4.50. The Morgan fingerprint density at radius 1 is 0.611 bits per heavy atom. The van der Waals surface area contributed by atoms with Crippen LogP contribution >= 0.6 is 11.6 Å². The zero-order valence-electron chi connectivity index (χ0n) is 19.1. The second kappa shape index (κ2) is 7.47. The maximum atomic E-state index is 13.9. The van der Waals surface area contributed by atoms with E-state index in [1.54, 1.807) is 6.08 Å². The van der Waals surface area contributed by atoms with Crippen molar-refractivity contribution in [1.29, 1.82) is 0 Å². The summed E-state index contributed by atoms with van der Waals surface area (Å²) in [4.78, 5) is 0. The lowest BCUT2D eigenvalue weighted by Gasteiger charge is -2.33. The molecule has 3 aliphatic carbocycles. The number of rotatable bonds is 1. The summed E-state index contributed by atoms with van der Waals surface area (Å²) < 4.78 is 41.7. The van der Waals surface area contributed by atoms with Crippen LogP contribution in [0.1, 0.15) is 27.8 Å². The summed E-state index contributed by atoms with van der Waals surface area (Å²) >= 11 is 6.11. The second-order valence-corrected chi connectivity index (χ2v) is 10.1. The Bertz CT molecular complexity index is 1540. The van der Waals surface area contributed by atoms with Gasteiger partial charge in [0.1, 0.15) is 0 Å². The number of fused-ring (bicyclic) bond motifs is 10. The van der Waals surface area contributed by atoms with Crippen molar-refractivity contribution in [2.24, 2.45) is 5.92 Å². The summed E-state index contributed by atoms with van der Waals surface area (Å²) in [6.45, 7) is 0. The van der Waals surface area contributed by atoms with Gasteiger partial charge in [-0.05, 0) is 55.6 Å². The first-order valence-corrected chi connectivity index (χ1v) is 12.4. The molecule has 0 amide bonds. The zero-order chi connectivity index (χ0) is 24.7. The van der Waals surface area contributed by atoms with Crippen LogP contribution in [0.3, 0.4) is 0 Å². The third-order valence-electron chi connectivity index (χ3n) is 7.86. The first-order chi connectivity index (χ1) is 17.4. The molecule has 0 aliphatic heterocycles. The second-order valence-electron chi connectivity index (χ2n) is 9.61. The average molecular weight is 497 g/mol. The third kappa shape index (κ3) is 2.72. The van der Waals surface area contributed by atoms with Crippen molar-refractivity contribution in [2.45, 2.75) is 17.0 Å². The van der Waals surface area contributed by atoms with Crippen molar-refractivity contribution in [1.82, 2.24) is 0 Å². The van der Waals surface area contributed by atoms with Gasteiger partial charge in [-0.25, -0.2) is 0 Å². The highest BCUT2D eigenvalue weighted by Gasteiger charge is 2.53. The van der Waals surface area contributed by atoms with Gasteiger partial charge < -0.3 is 0 Å². The number of alkyl halides is 4. The molecule has 4 heteroatoms. The third-order valence-corrected chi connectivity index (χ3v) is 8.28. The van der Waals surface area contributed by atoms with Gasteiger partial charge in [-0.2, -0.15) is 13.2 Å². The van der Waals surface area contributed by atoms with Crippen molar-refractivity contribution in [3.63, 3.8) is 0 Å². The average Bonchev–Trinajstić information content (AvgIpc) is 3.36. The standard InChI is InChI=1S/C32H20ClF3/c33-29-17-16-19(18-28(29)32(34,35)36)20-11-7-12-24-23-10-3-6-15-27(23)31(30(20)24)25-13-4-1-8-21(25)22-9-2-5-14-26(22)31/h1-18,28-29H. The molecule has 3 aliphatic rings. The molecule has 2 atom stereocenters. The van der Waals surface area contributed by atoms with Crippen LogP contribution in [0.2, 0.25) is 0 Å². The highest BCUT2D eigenvalue weighted by molar-refractivity contribution is 6.22. The molecular formula is C32H20ClF3. The van der Waals surface area contributed by atoms with E-state index in [0.717, 1.165) is 50.1 Å². The number of benzene rings is 4. The Hall–Kier alpha value is -3.56. The van der Waals surface area contributed by atoms with E-state index in [-0.39, 0.29) is 0 Å². The monoisotopic (exact) mass is 496 g/mol. The molecule has 176 valence electrons. The van der Waals surface area contributed by atoms with Crippen LogP contribution in [-0.2, 0) is 5.41 Å². The van der Waals surface area contributed by atoms with E-state index in [1.165, 1.54) is 12.2 Å². The minimum absolute atomic E-state index is 0.556. The summed E-state index contributed by atoms with van der Waals surface area (Å²) in [6, 6.07) is 31.1. The molecule has 0 aromatic heterocycles. The van der Waals surface area contributed by atoms with Crippen molar-refractivity contribution < 1.29 is 13.2 Å². The van der Waals surface area contributed by atoms with Crippen LogP contribution in [-0.4, -0.2) is 11.6 Å². The maximum Gasteiger partial charge on any atom is 0.396 e. The van der Waals surface area contributed by atoms with Gasteiger partial charge in [0.05, 0.1) is 16.7 Å². The van der Waals surface area contributed by atoms with Crippen LogP contribution in [0.15, 0.2) is 109 Å². The fourth-order valence-corrected chi connectivity index (χ4v) is 6.79. The molecule has 0 saturated heterocycles. The molecular weight excluding hydrogens is 477 g/mol. The van der Waals surface area contributed by atoms with Gasteiger partial charge in [0.15, 0.2) is 0 Å². The zero-order valence-corrected chi connectivity index (χ0v) is 19.8. The Labute approximate surface area is 212 Å². The highest BCUT2D eigenvalue weighted by atomic mass is 35.5. The summed E-state index contributed by atoms with van der Waals surface area (Å²) in [5, 5.41) is -1.12. The minimum Gasteiger partial charge on any atom is -0.170 e. The lowest BCUT2D eigenvalue weighted by Crippen LogP contribution is -2.30. The van der Waals surface area contributed by atoms with Crippen LogP contribution in [0, 0.1) is 5.92 Å². The number of hydrogen-bond acceptors (Lipinski definition) is 0. The van der Waals surface area contributed by atoms with Crippen LogP contribution in [0.5, 0.6) is 0 Å². The van der Waals surface area contributed by atoms with Crippen LogP contribution in [0.25, 0.3) is 27.8 Å². The van der Waals surface area contributed by atoms with Gasteiger partial charge in [0.2, 0.25) is 0 Å². The molecule has 0 N–H and O–H groups in total. The smallest absolute Gasteiger partial charge is 0.170 e. The number of allylic oxidation sites excluding steroid dienone is 4. The lowest BCUT2D eigenvalue weighted by molar-refractivity contribution is -0.159. The Morgan fingerprint density at radius 3 is 1.64 bits per heavy atom. The first kappa shape index (κ1) is 21.7. The van der Waals surface area contributed by atoms with Gasteiger partial charge in [-0.15, -0.1) is 11.6 Å². The van der Waals surface area contributed by atoms with E-state index in [2.05, 4.69) is 42.5 Å². The number of halogens is 4. The normalized spacial score (nSPS) is 20.5. The van der Waals surface area contributed by atoms with Gasteiger partial charge in [-0.1, -0.05) is 109 Å². The Balaban J connectivity index is 1.60. The highest BCUT2D eigenvalue weighted by Crippen LogP contribution is 2.64. The molecule has 1 spiro atoms. The van der Waals surface area contributed by atoms with E-state index < -0.39 is 22.9 Å². The molecule has 36 heavy (non-hydrogen) atoms. The molecule has 0 fully saturated rings. The molecule has 4 aromatic carbocycles. The fourth-order valence-electron chi connectivity index (χ4n) is 6.51. The molecule has 4 aromatic rings. The quantitative estimate of drug-likeness (QED) is 0.199. The number of hydrogen-bond donors (Lipinski definition) is 0. The summed E-state index contributed by atoms with van der Waals surface area (Å²) in [7, 11) is 0. The van der Waals surface area contributed by atoms with Gasteiger partial charge in [-0.3, -0.25) is 0 Å². The molecule has 2 unspecified atom stereocenters. The molecule has 0 saturated carbocycles. The van der Waals surface area contributed by atoms with E-state index in [0.29, 0.717) is 5.57 Å². The molecule has 0 nitrogen and oxygen atoms in total. The minimum atomic E-state index is -4.42. The van der Waals surface area contributed by atoms with E-state index in [1.807, 2.05) is 48.5 Å². The van der Waals surface area contributed by atoms with E-state index >= 15 is 0 Å². The van der Waals surface area contributed by atoms with Gasteiger partial charge in [0, 0.05) is 0 Å². The predicted octanol–water partition coefficient (Wildman–Crippen LogP) is 8.77. The van der Waals surface area contributed by atoms with Crippen molar-refractivity contribution in [3.8, 4) is 22.3 Å². The van der Waals surface area contributed by atoms with Crippen molar-refractivity contribution in [3.05, 3.63) is 137 Å². The molecule has 0 heterocycles. The molecule has 0 bridgehead atoms. The first-order valence-electron chi connectivity index (χ1n) is 12.0. The SMILES string of the molecule is FC(F)(F)C1C=C(c2cccc3c2C2(c4ccccc4-c4ccccc42)c2ccccc2-3)C=CC1Cl. The lowest BCUT2D eigenvalue weighted by atomic mass is 9.68. The molecule has 7 rings (SSSR count). The van der Waals surface area contributed by atoms with Crippen molar-refractivity contribution >= 4 is 17.2 Å². The maximum absolute atomic E-state index is 13.9. The fraction of sp³-hybridized carbons (Fsp3) is 0.125. The van der Waals surface area contributed by atoms with Gasteiger partial charge >= 0.3 is 6.18 Å². The molecule has 0 radical (unpaired) electrons.